The van der Waals surface area contributed by atoms with E-state index < -0.39 is 54.2 Å². The van der Waals surface area contributed by atoms with Crippen LogP contribution in [0.25, 0.3) is 16.5 Å². The summed E-state index contributed by atoms with van der Waals surface area (Å²) in [5.41, 5.74) is 9.10. The van der Waals surface area contributed by atoms with E-state index in [1.807, 2.05) is 19.2 Å². The van der Waals surface area contributed by atoms with Crippen LogP contribution >= 0.6 is 11.3 Å². The van der Waals surface area contributed by atoms with Gasteiger partial charge in [-0.05, 0) is 49.8 Å². The van der Waals surface area contributed by atoms with E-state index >= 15 is 0 Å². The van der Waals surface area contributed by atoms with Crippen LogP contribution in [0.15, 0.2) is 16.1 Å². The number of hydrogen-bond donors (Lipinski definition) is 3. The van der Waals surface area contributed by atoms with Gasteiger partial charge in [0.2, 0.25) is 0 Å². The Labute approximate surface area is 222 Å². The highest BCUT2D eigenvalue weighted by atomic mass is 32.1. The highest BCUT2D eigenvalue weighted by Gasteiger charge is 2.42. The number of azide groups is 1. The zero-order valence-electron chi connectivity index (χ0n) is 22.5. The molecule has 3 N–H and O–H groups in total. The number of aromatic nitrogens is 1. The third kappa shape index (κ3) is 8.35. The van der Waals surface area contributed by atoms with Crippen molar-refractivity contribution < 1.29 is 29.6 Å². The van der Waals surface area contributed by atoms with Gasteiger partial charge in [-0.15, -0.1) is 11.3 Å². The van der Waals surface area contributed by atoms with E-state index in [-0.39, 0.29) is 18.1 Å². The number of aliphatic hydroxyl groups excluding tert-OH is 3. The van der Waals surface area contributed by atoms with Crippen LogP contribution in [-0.2, 0) is 14.3 Å². The molecule has 0 amide bonds. The first kappa shape index (κ1) is 30.9. The highest BCUT2D eigenvalue weighted by molar-refractivity contribution is 7.09. The molecule has 2 heterocycles. The monoisotopic (exact) mass is 536 g/mol. The maximum absolute atomic E-state index is 13.2. The van der Waals surface area contributed by atoms with Crippen molar-refractivity contribution in [2.45, 2.75) is 104 Å². The number of ether oxygens (including phenoxy) is 1. The predicted molar refractivity (Wildman–Crippen MR) is 142 cm³/mol. The molecule has 1 fully saturated rings. The van der Waals surface area contributed by atoms with Crippen LogP contribution < -0.4 is 0 Å². The Morgan fingerprint density at radius 2 is 1.95 bits per heavy atom. The second-order valence-corrected chi connectivity index (χ2v) is 11.8. The van der Waals surface area contributed by atoms with Crippen molar-refractivity contribution in [2.75, 3.05) is 0 Å². The van der Waals surface area contributed by atoms with Gasteiger partial charge >= 0.3 is 5.97 Å². The van der Waals surface area contributed by atoms with E-state index in [0.29, 0.717) is 30.5 Å². The van der Waals surface area contributed by atoms with Gasteiger partial charge in [0.15, 0.2) is 0 Å². The second kappa shape index (κ2) is 13.5. The normalized spacial score (nSPS) is 32.9. The van der Waals surface area contributed by atoms with E-state index in [1.165, 1.54) is 11.3 Å². The third-order valence-electron chi connectivity index (χ3n) is 7.39. The molecule has 0 spiro atoms. The Balaban J connectivity index is 2.41. The van der Waals surface area contributed by atoms with Gasteiger partial charge in [0.05, 0.1) is 46.9 Å². The van der Waals surface area contributed by atoms with Crippen LogP contribution in [0.2, 0.25) is 0 Å². The van der Waals surface area contributed by atoms with Crippen molar-refractivity contribution >= 4 is 29.2 Å². The number of esters is 1. The zero-order chi connectivity index (χ0) is 27.9. The van der Waals surface area contributed by atoms with Crippen LogP contribution in [0.5, 0.6) is 0 Å². The van der Waals surface area contributed by atoms with E-state index in [9.17, 15) is 24.9 Å². The molecule has 0 radical (unpaired) electrons. The van der Waals surface area contributed by atoms with Crippen molar-refractivity contribution in [3.05, 3.63) is 32.1 Å². The highest BCUT2D eigenvalue weighted by Crippen LogP contribution is 2.33. The lowest BCUT2D eigenvalue weighted by Gasteiger charge is -2.35. The molecule has 7 atom stereocenters. The molecule has 0 unspecified atom stereocenters. The minimum atomic E-state index is -1.34. The topological polar surface area (TPSA) is 166 Å². The van der Waals surface area contributed by atoms with Crippen molar-refractivity contribution in [3.8, 4) is 0 Å². The molecule has 1 aromatic rings. The summed E-state index contributed by atoms with van der Waals surface area (Å²) in [5.74, 6) is -2.08. The summed E-state index contributed by atoms with van der Waals surface area (Å²) in [7, 11) is 0. The number of ketones is 1. The summed E-state index contributed by atoms with van der Waals surface area (Å²) in [4.78, 5) is 33.4. The molecule has 0 saturated carbocycles. The smallest absolute Gasteiger partial charge is 0.309 e. The number of rotatable bonds is 3. The van der Waals surface area contributed by atoms with Crippen molar-refractivity contribution in [1.29, 1.82) is 0 Å². The lowest BCUT2D eigenvalue weighted by Crippen LogP contribution is -2.46. The zero-order valence-corrected chi connectivity index (χ0v) is 23.3. The number of aryl methyl sites for hydroxylation is 1. The van der Waals surface area contributed by atoms with Gasteiger partial charge in [-0.2, -0.15) is 0 Å². The van der Waals surface area contributed by atoms with E-state index in [2.05, 4.69) is 15.0 Å². The predicted octanol–water partition coefficient (Wildman–Crippen LogP) is 4.36. The molecule has 1 aromatic heterocycles. The van der Waals surface area contributed by atoms with Gasteiger partial charge in [-0.1, -0.05) is 39.2 Å². The Kier molecular flexibility index (Phi) is 11.3. The Hall–Kier alpha value is -2.30. The van der Waals surface area contributed by atoms with Gasteiger partial charge in [-0.3, -0.25) is 9.59 Å². The number of nitrogens with zero attached hydrogens (tertiary/aromatic N) is 4. The van der Waals surface area contributed by atoms with Crippen LogP contribution in [-0.4, -0.2) is 62.5 Å². The number of cyclic esters (lactones) is 1. The van der Waals surface area contributed by atoms with Gasteiger partial charge in [-0.25, -0.2) is 4.98 Å². The van der Waals surface area contributed by atoms with Crippen molar-refractivity contribution in [3.63, 3.8) is 0 Å². The molecule has 206 valence electrons. The minimum Gasteiger partial charge on any atom is -0.458 e. The fourth-order valence-electron chi connectivity index (χ4n) is 4.71. The van der Waals surface area contributed by atoms with E-state index in [4.69, 9.17) is 10.3 Å². The first-order valence-corrected chi connectivity index (χ1v) is 13.6. The molecule has 37 heavy (non-hydrogen) atoms. The molecular weight excluding hydrogens is 496 g/mol. The summed E-state index contributed by atoms with van der Waals surface area (Å²) >= 11 is 1.48. The Bertz CT molecular complexity index is 1020. The average Bonchev–Trinajstić information content (AvgIpc) is 3.24. The molecule has 11 heteroatoms. The molecule has 1 saturated heterocycles. The third-order valence-corrected chi connectivity index (χ3v) is 8.18. The largest absolute Gasteiger partial charge is 0.458 e. The van der Waals surface area contributed by atoms with Crippen LogP contribution in [0, 0.1) is 24.2 Å². The molecular formula is C26H40N4O6S. The maximum Gasteiger partial charge on any atom is 0.309 e. The Morgan fingerprint density at radius 1 is 1.27 bits per heavy atom. The van der Waals surface area contributed by atoms with Gasteiger partial charge < -0.3 is 20.1 Å². The van der Waals surface area contributed by atoms with E-state index in [0.717, 1.165) is 5.01 Å². The summed E-state index contributed by atoms with van der Waals surface area (Å²) in [6, 6.07) is -0.763. The molecule has 10 nitrogen and oxygen atoms in total. The quantitative estimate of drug-likeness (QED) is 0.223. The van der Waals surface area contributed by atoms with Crippen LogP contribution in [0.4, 0.5) is 0 Å². The summed E-state index contributed by atoms with van der Waals surface area (Å²) in [6.07, 6.45) is -1.47. The van der Waals surface area contributed by atoms with Gasteiger partial charge in [0.1, 0.15) is 11.9 Å². The fourth-order valence-corrected chi connectivity index (χ4v) is 5.28. The van der Waals surface area contributed by atoms with Crippen LogP contribution in [0.1, 0.15) is 77.4 Å². The van der Waals surface area contributed by atoms with Crippen LogP contribution in [0.3, 0.4) is 0 Å². The van der Waals surface area contributed by atoms with Crippen molar-refractivity contribution in [2.24, 2.45) is 22.4 Å². The summed E-state index contributed by atoms with van der Waals surface area (Å²) in [6.45, 7) is 10.2. The second-order valence-electron chi connectivity index (χ2n) is 10.7. The lowest BCUT2D eigenvalue weighted by atomic mass is 9.73. The van der Waals surface area contributed by atoms with Gasteiger partial charge in [0, 0.05) is 22.6 Å². The SMILES string of the molecule is C/C(=C\c1csc(C)n1)[C@@H]1C[C@@H](O)[C@H](N=[N+]=[N-])CCC[C@H](C)[C@H](O)[C@@H](C)C(=O)C(C)(C)[C@@H](O)CC(=O)O1. The maximum atomic E-state index is 13.2. The molecule has 0 bridgehead atoms. The molecule has 2 rings (SSSR count). The molecule has 1 aliphatic rings. The number of thiazole rings is 1. The standard InChI is InChI=1S/C26H40N4O6S/c1-14-8-7-9-19(29-30-27)20(31)11-21(15(2)10-18-13-37-17(4)28-18)36-23(33)12-22(32)26(5,6)25(35)16(3)24(14)34/h10,13-14,16,19-22,24,31-32,34H,7-9,11-12H2,1-6H3/b15-10+/t14-,16+,19+,20+,21-,22-,24-/m0/s1. The molecule has 1 aliphatic heterocycles. The molecule has 0 aromatic carbocycles. The summed E-state index contributed by atoms with van der Waals surface area (Å²) < 4.78 is 5.71. The fraction of sp³-hybridized carbons (Fsp3) is 0.731. The Morgan fingerprint density at radius 3 is 2.54 bits per heavy atom. The van der Waals surface area contributed by atoms with Crippen molar-refractivity contribution in [1.82, 2.24) is 4.98 Å². The first-order chi connectivity index (χ1) is 17.3. The number of aliphatic hydroxyl groups is 3. The van der Waals surface area contributed by atoms with Gasteiger partial charge in [0.25, 0.3) is 0 Å². The summed E-state index contributed by atoms with van der Waals surface area (Å²) in [5, 5.41) is 39.1. The lowest BCUT2D eigenvalue weighted by molar-refractivity contribution is -0.155. The van der Waals surface area contributed by atoms with E-state index in [1.54, 1.807) is 33.8 Å². The number of Topliss-reactive ketones (excluding diaryl/α,β-unsaturated/α-hetero) is 1. The number of carbonyl (C=O) groups is 2. The number of carbonyl (C=O) groups excluding carboxylic acids is 2. The number of hydrogen-bond acceptors (Lipinski definition) is 9. The average molecular weight is 537 g/mol. The molecule has 0 aliphatic carbocycles. The first-order valence-electron chi connectivity index (χ1n) is 12.7. The minimum absolute atomic E-state index is 0.0193.